The normalized spacial score (nSPS) is 16.6. The minimum atomic E-state index is 0.496. The lowest BCUT2D eigenvalue weighted by atomic mass is 10.1. The van der Waals surface area contributed by atoms with Crippen molar-refractivity contribution >= 4 is 27.9 Å². The van der Waals surface area contributed by atoms with E-state index in [1.807, 2.05) is 24.4 Å². The minimum absolute atomic E-state index is 0.496. The van der Waals surface area contributed by atoms with Gasteiger partial charge in [0.1, 0.15) is 5.52 Å². The molecule has 1 aromatic carbocycles. The molecule has 1 saturated carbocycles. The van der Waals surface area contributed by atoms with E-state index in [9.17, 15) is 0 Å². The molecule has 0 saturated heterocycles. The molecular weight excluding hydrogens is 236 g/mol. The second kappa shape index (κ2) is 3.95. The smallest absolute Gasteiger partial charge is 0.201 e. The van der Waals surface area contributed by atoms with Crippen molar-refractivity contribution in [1.82, 2.24) is 14.5 Å². The van der Waals surface area contributed by atoms with E-state index in [0.717, 1.165) is 21.9 Å². The van der Waals surface area contributed by atoms with Crippen LogP contribution in [0.3, 0.4) is 0 Å². The average Bonchev–Trinajstić information content (AvgIpc) is 3.04. The van der Waals surface area contributed by atoms with Gasteiger partial charge in [-0.3, -0.25) is 4.98 Å². The van der Waals surface area contributed by atoms with Crippen molar-refractivity contribution in [3.05, 3.63) is 30.5 Å². The Morgan fingerprint density at radius 2 is 1.89 bits per heavy atom. The number of anilines is 1. The fourth-order valence-electron chi connectivity index (χ4n) is 3.28. The van der Waals surface area contributed by atoms with Crippen LogP contribution in [0.4, 0.5) is 5.95 Å². The van der Waals surface area contributed by atoms with E-state index in [4.69, 9.17) is 5.73 Å². The Bertz CT molecular complexity index is 753. The van der Waals surface area contributed by atoms with Gasteiger partial charge in [0.05, 0.1) is 17.2 Å². The molecule has 0 aliphatic heterocycles. The van der Waals surface area contributed by atoms with Gasteiger partial charge in [0.2, 0.25) is 5.95 Å². The van der Waals surface area contributed by atoms with Gasteiger partial charge < -0.3 is 10.3 Å². The highest BCUT2D eigenvalue weighted by Crippen LogP contribution is 2.36. The maximum absolute atomic E-state index is 6.15. The molecule has 3 aromatic rings. The molecule has 4 heteroatoms. The van der Waals surface area contributed by atoms with Gasteiger partial charge in [0.15, 0.2) is 0 Å². The molecule has 2 N–H and O–H groups in total. The summed E-state index contributed by atoms with van der Waals surface area (Å²) < 4.78 is 2.23. The Hall–Kier alpha value is -2.10. The van der Waals surface area contributed by atoms with Gasteiger partial charge in [-0.25, -0.2) is 4.98 Å². The van der Waals surface area contributed by atoms with Crippen LogP contribution in [-0.4, -0.2) is 14.5 Å². The molecule has 1 fully saturated rings. The monoisotopic (exact) mass is 252 g/mol. The Morgan fingerprint density at radius 3 is 2.74 bits per heavy atom. The first-order valence-corrected chi connectivity index (χ1v) is 6.86. The van der Waals surface area contributed by atoms with Crippen LogP contribution >= 0.6 is 0 Å². The third-order valence-corrected chi connectivity index (χ3v) is 4.14. The first-order valence-electron chi connectivity index (χ1n) is 6.86. The summed E-state index contributed by atoms with van der Waals surface area (Å²) in [6, 6.07) is 8.71. The standard InChI is InChI=1S/C15H16N4/c16-15-18-13-9-17-12-8-4-3-7-11(12)14(13)19(15)10-5-1-2-6-10/h3-4,7-10H,1-2,5-6H2,(H2,16,18). The number of para-hydroxylation sites is 1. The lowest BCUT2D eigenvalue weighted by Crippen LogP contribution is -2.08. The Morgan fingerprint density at radius 1 is 1.11 bits per heavy atom. The van der Waals surface area contributed by atoms with Crippen LogP contribution in [0.2, 0.25) is 0 Å². The number of hydrogen-bond donors (Lipinski definition) is 1. The number of pyridine rings is 1. The molecule has 0 radical (unpaired) electrons. The SMILES string of the molecule is Nc1nc2cnc3ccccc3c2n1C1CCCC1. The number of aromatic nitrogens is 3. The number of benzene rings is 1. The zero-order chi connectivity index (χ0) is 12.8. The fraction of sp³-hybridized carbons (Fsp3) is 0.333. The van der Waals surface area contributed by atoms with Crippen LogP contribution in [0.15, 0.2) is 30.5 Å². The van der Waals surface area contributed by atoms with Gasteiger partial charge in [-0.15, -0.1) is 0 Å². The molecule has 0 atom stereocenters. The highest BCUT2D eigenvalue weighted by atomic mass is 15.2. The highest BCUT2D eigenvalue weighted by molar-refractivity contribution is 6.03. The molecule has 0 bridgehead atoms. The molecule has 4 nitrogen and oxygen atoms in total. The predicted molar refractivity (Wildman–Crippen MR) is 77.0 cm³/mol. The maximum Gasteiger partial charge on any atom is 0.201 e. The zero-order valence-corrected chi connectivity index (χ0v) is 10.7. The second-order valence-electron chi connectivity index (χ2n) is 5.29. The number of imidazole rings is 1. The van der Waals surface area contributed by atoms with Crippen LogP contribution in [-0.2, 0) is 0 Å². The Labute approximate surface area is 111 Å². The Balaban J connectivity index is 2.10. The van der Waals surface area contributed by atoms with Crippen molar-refractivity contribution in [2.45, 2.75) is 31.7 Å². The minimum Gasteiger partial charge on any atom is -0.369 e. The van der Waals surface area contributed by atoms with E-state index in [1.165, 1.54) is 25.7 Å². The van der Waals surface area contributed by atoms with Crippen molar-refractivity contribution in [1.29, 1.82) is 0 Å². The first-order chi connectivity index (χ1) is 9.34. The predicted octanol–water partition coefficient (Wildman–Crippen LogP) is 3.28. The average molecular weight is 252 g/mol. The lowest BCUT2D eigenvalue weighted by Gasteiger charge is -2.15. The van der Waals surface area contributed by atoms with Crippen LogP contribution in [0, 0.1) is 0 Å². The number of hydrogen-bond acceptors (Lipinski definition) is 3. The Kier molecular flexibility index (Phi) is 2.24. The van der Waals surface area contributed by atoms with Gasteiger partial charge in [0, 0.05) is 11.4 Å². The third-order valence-electron chi connectivity index (χ3n) is 4.14. The van der Waals surface area contributed by atoms with E-state index < -0.39 is 0 Å². The summed E-state index contributed by atoms with van der Waals surface area (Å²) in [6.45, 7) is 0. The molecule has 0 unspecified atom stereocenters. The number of nitrogen functional groups attached to an aromatic ring is 1. The molecule has 2 aromatic heterocycles. The third kappa shape index (κ3) is 1.52. The number of rotatable bonds is 1. The van der Waals surface area contributed by atoms with E-state index in [1.54, 1.807) is 0 Å². The number of nitrogens with zero attached hydrogens (tertiary/aromatic N) is 3. The van der Waals surface area contributed by atoms with Crippen molar-refractivity contribution < 1.29 is 0 Å². The molecule has 4 rings (SSSR count). The van der Waals surface area contributed by atoms with Crippen molar-refractivity contribution in [2.75, 3.05) is 5.73 Å². The van der Waals surface area contributed by atoms with Crippen LogP contribution in [0.25, 0.3) is 21.9 Å². The van der Waals surface area contributed by atoms with E-state index >= 15 is 0 Å². The molecule has 1 aliphatic rings. The van der Waals surface area contributed by atoms with Crippen molar-refractivity contribution in [2.24, 2.45) is 0 Å². The lowest BCUT2D eigenvalue weighted by molar-refractivity contribution is 0.540. The highest BCUT2D eigenvalue weighted by Gasteiger charge is 2.22. The topological polar surface area (TPSA) is 56.7 Å². The largest absolute Gasteiger partial charge is 0.369 e. The summed E-state index contributed by atoms with van der Waals surface area (Å²) >= 11 is 0. The summed E-state index contributed by atoms with van der Waals surface area (Å²) in [5.41, 5.74) is 9.21. The number of fused-ring (bicyclic) bond motifs is 3. The van der Waals surface area contributed by atoms with Crippen molar-refractivity contribution in [3.63, 3.8) is 0 Å². The van der Waals surface area contributed by atoms with Gasteiger partial charge >= 0.3 is 0 Å². The molecule has 19 heavy (non-hydrogen) atoms. The van der Waals surface area contributed by atoms with E-state index in [-0.39, 0.29) is 0 Å². The molecular formula is C15H16N4. The molecule has 96 valence electrons. The van der Waals surface area contributed by atoms with Gasteiger partial charge in [-0.2, -0.15) is 0 Å². The van der Waals surface area contributed by atoms with Gasteiger partial charge in [0.25, 0.3) is 0 Å². The molecule has 0 spiro atoms. The number of nitrogens with two attached hydrogens (primary N) is 1. The molecule has 1 aliphatic carbocycles. The van der Waals surface area contributed by atoms with Crippen LogP contribution in [0.5, 0.6) is 0 Å². The van der Waals surface area contributed by atoms with Gasteiger partial charge in [-0.1, -0.05) is 31.0 Å². The quantitative estimate of drug-likeness (QED) is 0.723. The fourth-order valence-corrected chi connectivity index (χ4v) is 3.28. The summed E-state index contributed by atoms with van der Waals surface area (Å²) in [5.74, 6) is 0.625. The summed E-state index contributed by atoms with van der Waals surface area (Å²) in [7, 11) is 0. The summed E-state index contributed by atoms with van der Waals surface area (Å²) in [4.78, 5) is 8.95. The maximum atomic E-state index is 6.15. The van der Waals surface area contributed by atoms with Crippen LogP contribution in [0.1, 0.15) is 31.7 Å². The summed E-state index contributed by atoms with van der Waals surface area (Å²) in [6.07, 6.45) is 6.80. The van der Waals surface area contributed by atoms with Crippen LogP contribution < -0.4 is 5.73 Å². The molecule has 0 amide bonds. The first kappa shape index (κ1) is 10.8. The summed E-state index contributed by atoms with van der Waals surface area (Å²) in [5, 5.41) is 1.15. The van der Waals surface area contributed by atoms with Crippen molar-refractivity contribution in [3.8, 4) is 0 Å². The van der Waals surface area contributed by atoms with E-state index in [2.05, 4.69) is 20.6 Å². The zero-order valence-electron chi connectivity index (χ0n) is 10.7. The van der Waals surface area contributed by atoms with E-state index in [0.29, 0.717) is 12.0 Å². The molecule has 2 heterocycles. The second-order valence-corrected chi connectivity index (χ2v) is 5.29. The van der Waals surface area contributed by atoms with Gasteiger partial charge in [-0.05, 0) is 18.9 Å².